The van der Waals surface area contributed by atoms with E-state index in [2.05, 4.69) is 0 Å². The van der Waals surface area contributed by atoms with Crippen LogP contribution in [0.2, 0.25) is 0 Å². The zero-order valence-corrected chi connectivity index (χ0v) is 8.54. The normalized spacial score (nSPS) is 15.6. The third kappa shape index (κ3) is 2.05. The van der Waals surface area contributed by atoms with Crippen LogP contribution in [-0.4, -0.2) is 29.9 Å². The van der Waals surface area contributed by atoms with Crippen molar-refractivity contribution in [3.8, 4) is 0 Å². The molecule has 0 aliphatic carbocycles. The standard InChI is InChI=1S/C10H12N2O.ClH/c11-9-6-12(7-9)10(13)8-4-2-1-3-5-8;/h1-5,9H,6-7,11H2;1H. The van der Waals surface area contributed by atoms with Crippen LogP contribution in [0.4, 0.5) is 0 Å². The smallest absolute Gasteiger partial charge is 0.253 e. The zero-order valence-electron chi connectivity index (χ0n) is 7.72. The van der Waals surface area contributed by atoms with Crippen molar-refractivity contribution in [2.45, 2.75) is 6.04 Å². The number of carbonyl (C=O) groups excluding carboxylic acids is 1. The Morgan fingerprint density at radius 2 is 1.86 bits per heavy atom. The molecule has 1 aromatic carbocycles. The van der Waals surface area contributed by atoms with Crippen LogP contribution in [-0.2, 0) is 0 Å². The topological polar surface area (TPSA) is 46.3 Å². The Balaban J connectivity index is 0.000000980. The lowest BCUT2D eigenvalue weighted by molar-refractivity contribution is 0.0608. The van der Waals surface area contributed by atoms with Crippen LogP contribution in [0, 0.1) is 0 Å². The van der Waals surface area contributed by atoms with Gasteiger partial charge in [-0.15, -0.1) is 12.4 Å². The Labute approximate surface area is 89.3 Å². The molecule has 1 amide bonds. The molecule has 1 aromatic rings. The maximum Gasteiger partial charge on any atom is 0.253 e. The number of amides is 1. The Morgan fingerprint density at radius 1 is 1.29 bits per heavy atom. The molecular weight excluding hydrogens is 200 g/mol. The van der Waals surface area contributed by atoms with E-state index in [1.807, 2.05) is 30.3 Å². The number of halogens is 1. The van der Waals surface area contributed by atoms with E-state index in [9.17, 15) is 4.79 Å². The fourth-order valence-electron chi connectivity index (χ4n) is 1.44. The Hall–Kier alpha value is -1.06. The molecule has 0 saturated carbocycles. The van der Waals surface area contributed by atoms with Crippen LogP contribution in [0.1, 0.15) is 10.4 Å². The van der Waals surface area contributed by atoms with Gasteiger partial charge in [-0.25, -0.2) is 0 Å². The SMILES string of the molecule is Cl.NC1CN(C(=O)c2ccccc2)C1. The van der Waals surface area contributed by atoms with Crippen molar-refractivity contribution in [3.63, 3.8) is 0 Å². The molecule has 3 nitrogen and oxygen atoms in total. The van der Waals surface area contributed by atoms with Crippen LogP contribution >= 0.6 is 12.4 Å². The molecule has 1 aliphatic heterocycles. The summed E-state index contributed by atoms with van der Waals surface area (Å²) in [5, 5.41) is 0. The molecule has 76 valence electrons. The minimum absolute atomic E-state index is 0. The van der Waals surface area contributed by atoms with Crippen molar-refractivity contribution < 1.29 is 4.79 Å². The summed E-state index contributed by atoms with van der Waals surface area (Å²) in [6, 6.07) is 9.46. The lowest BCUT2D eigenvalue weighted by Gasteiger charge is -2.36. The van der Waals surface area contributed by atoms with E-state index in [-0.39, 0.29) is 24.4 Å². The first-order chi connectivity index (χ1) is 6.27. The van der Waals surface area contributed by atoms with Gasteiger partial charge in [0.1, 0.15) is 0 Å². The van der Waals surface area contributed by atoms with Gasteiger partial charge in [-0.2, -0.15) is 0 Å². The number of nitrogens with two attached hydrogens (primary N) is 1. The molecule has 2 rings (SSSR count). The van der Waals surface area contributed by atoms with Crippen LogP contribution < -0.4 is 5.73 Å². The first-order valence-electron chi connectivity index (χ1n) is 4.37. The minimum atomic E-state index is 0. The Bertz CT molecular complexity index is 309. The number of rotatable bonds is 1. The van der Waals surface area contributed by atoms with E-state index in [1.54, 1.807) is 4.90 Å². The van der Waals surface area contributed by atoms with Gasteiger partial charge in [0.2, 0.25) is 0 Å². The van der Waals surface area contributed by atoms with E-state index in [4.69, 9.17) is 5.73 Å². The molecule has 4 heteroatoms. The van der Waals surface area contributed by atoms with Gasteiger partial charge in [-0.1, -0.05) is 18.2 Å². The van der Waals surface area contributed by atoms with Crippen molar-refractivity contribution >= 4 is 18.3 Å². The third-order valence-corrected chi connectivity index (χ3v) is 2.22. The first-order valence-corrected chi connectivity index (χ1v) is 4.37. The fraction of sp³-hybridized carbons (Fsp3) is 0.300. The largest absolute Gasteiger partial charge is 0.335 e. The Morgan fingerprint density at radius 3 is 2.36 bits per heavy atom. The summed E-state index contributed by atoms with van der Waals surface area (Å²) in [6.45, 7) is 1.38. The van der Waals surface area contributed by atoms with Gasteiger partial charge in [-0.05, 0) is 12.1 Å². The summed E-state index contributed by atoms with van der Waals surface area (Å²) in [6.07, 6.45) is 0. The van der Waals surface area contributed by atoms with Crippen molar-refractivity contribution in [3.05, 3.63) is 35.9 Å². The van der Waals surface area contributed by atoms with Crippen LogP contribution in [0.25, 0.3) is 0 Å². The highest BCUT2D eigenvalue weighted by Gasteiger charge is 2.27. The average molecular weight is 213 g/mol. The van der Waals surface area contributed by atoms with Crippen molar-refractivity contribution in [1.82, 2.24) is 4.90 Å². The quantitative estimate of drug-likeness (QED) is 0.752. The molecule has 0 atom stereocenters. The Kier molecular flexibility index (Phi) is 3.49. The lowest BCUT2D eigenvalue weighted by atomic mass is 10.1. The summed E-state index contributed by atoms with van der Waals surface area (Å²) in [5.74, 6) is 0.0855. The van der Waals surface area contributed by atoms with Gasteiger partial charge in [0.25, 0.3) is 5.91 Å². The number of hydrogen-bond acceptors (Lipinski definition) is 2. The van der Waals surface area contributed by atoms with Crippen LogP contribution in [0.5, 0.6) is 0 Å². The molecule has 1 aliphatic rings. The first kappa shape index (κ1) is 11.0. The molecule has 0 aromatic heterocycles. The summed E-state index contributed by atoms with van der Waals surface area (Å²) in [5.41, 5.74) is 6.34. The molecule has 2 N–H and O–H groups in total. The predicted molar refractivity (Wildman–Crippen MR) is 57.6 cm³/mol. The van der Waals surface area contributed by atoms with Crippen molar-refractivity contribution in [2.75, 3.05) is 13.1 Å². The second-order valence-corrected chi connectivity index (χ2v) is 3.34. The predicted octanol–water partition coefficient (Wildman–Crippen LogP) is 0.892. The third-order valence-electron chi connectivity index (χ3n) is 2.22. The highest BCUT2D eigenvalue weighted by molar-refractivity contribution is 5.94. The van der Waals surface area contributed by atoms with Gasteiger partial charge in [0.05, 0.1) is 0 Å². The molecule has 1 fully saturated rings. The van der Waals surface area contributed by atoms with Gasteiger partial charge >= 0.3 is 0 Å². The highest BCUT2D eigenvalue weighted by atomic mass is 35.5. The monoisotopic (exact) mass is 212 g/mol. The summed E-state index contributed by atoms with van der Waals surface area (Å²) >= 11 is 0. The van der Waals surface area contributed by atoms with Gasteiger partial charge < -0.3 is 10.6 Å². The second-order valence-electron chi connectivity index (χ2n) is 3.34. The zero-order chi connectivity index (χ0) is 9.26. The van der Waals surface area contributed by atoms with E-state index in [0.717, 1.165) is 5.56 Å². The number of likely N-dealkylation sites (tertiary alicyclic amines) is 1. The molecule has 1 saturated heterocycles. The number of nitrogens with zero attached hydrogens (tertiary/aromatic N) is 1. The number of hydrogen-bond donors (Lipinski definition) is 1. The van der Waals surface area contributed by atoms with Gasteiger partial charge in [0, 0.05) is 24.7 Å². The van der Waals surface area contributed by atoms with Gasteiger partial charge in [0.15, 0.2) is 0 Å². The highest BCUT2D eigenvalue weighted by Crippen LogP contribution is 2.11. The number of benzene rings is 1. The van der Waals surface area contributed by atoms with Crippen molar-refractivity contribution in [2.24, 2.45) is 5.73 Å². The van der Waals surface area contributed by atoms with E-state index < -0.39 is 0 Å². The maximum absolute atomic E-state index is 11.6. The second kappa shape index (κ2) is 4.44. The van der Waals surface area contributed by atoms with E-state index in [0.29, 0.717) is 13.1 Å². The summed E-state index contributed by atoms with van der Waals surface area (Å²) in [4.78, 5) is 13.4. The molecule has 0 radical (unpaired) electrons. The molecular formula is C10H13ClN2O. The minimum Gasteiger partial charge on any atom is -0.335 e. The summed E-state index contributed by atoms with van der Waals surface area (Å²) in [7, 11) is 0. The van der Waals surface area contributed by atoms with Crippen LogP contribution in [0.15, 0.2) is 30.3 Å². The molecule has 0 unspecified atom stereocenters. The average Bonchev–Trinajstić information content (AvgIpc) is 2.13. The summed E-state index contributed by atoms with van der Waals surface area (Å²) < 4.78 is 0. The van der Waals surface area contributed by atoms with E-state index >= 15 is 0 Å². The fourth-order valence-corrected chi connectivity index (χ4v) is 1.44. The number of carbonyl (C=O) groups is 1. The maximum atomic E-state index is 11.6. The van der Waals surface area contributed by atoms with Crippen LogP contribution in [0.3, 0.4) is 0 Å². The van der Waals surface area contributed by atoms with Crippen molar-refractivity contribution in [1.29, 1.82) is 0 Å². The molecule has 0 spiro atoms. The van der Waals surface area contributed by atoms with Gasteiger partial charge in [-0.3, -0.25) is 4.79 Å². The van der Waals surface area contributed by atoms with E-state index in [1.165, 1.54) is 0 Å². The molecule has 14 heavy (non-hydrogen) atoms. The molecule has 1 heterocycles. The molecule has 0 bridgehead atoms. The lowest BCUT2D eigenvalue weighted by Crippen LogP contribution is -2.57.